The van der Waals surface area contributed by atoms with Crippen LogP contribution in [0.3, 0.4) is 0 Å². The van der Waals surface area contributed by atoms with Crippen molar-refractivity contribution in [2.45, 2.75) is 65.2 Å². The first kappa shape index (κ1) is 14.1. The van der Waals surface area contributed by atoms with Gasteiger partial charge in [0.2, 0.25) is 0 Å². The van der Waals surface area contributed by atoms with Crippen LogP contribution in [0.15, 0.2) is 11.2 Å². The molecule has 0 aromatic heterocycles. The number of aryl methyl sites for hydroxylation is 1. The molecule has 1 aromatic carbocycles. The lowest BCUT2D eigenvalue weighted by Gasteiger charge is -2.27. The second-order valence-electron chi connectivity index (χ2n) is 6.87. The van der Waals surface area contributed by atoms with Crippen LogP contribution in [0.25, 0.3) is 0 Å². The average molecular weight is 259 g/mol. The van der Waals surface area contributed by atoms with Gasteiger partial charge in [0.15, 0.2) is 0 Å². The lowest BCUT2D eigenvalue weighted by Crippen LogP contribution is -2.21. The van der Waals surface area contributed by atoms with E-state index in [2.05, 4.69) is 52.8 Å². The molecule has 0 aliphatic heterocycles. The van der Waals surface area contributed by atoms with Crippen molar-refractivity contribution in [2.24, 2.45) is 5.16 Å². The van der Waals surface area contributed by atoms with Gasteiger partial charge in [-0.3, -0.25) is 0 Å². The normalized spacial score (nSPS) is 24.9. The maximum absolute atomic E-state index is 8.88. The molecule has 0 saturated carbocycles. The molecule has 0 radical (unpaired) electrons. The van der Waals surface area contributed by atoms with Gasteiger partial charge in [0, 0.05) is 5.56 Å². The Labute approximate surface area is 116 Å². The molecule has 0 heterocycles. The van der Waals surface area contributed by atoms with Crippen LogP contribution in [0.4, 0.5) is 0 Å². The second-order valence-corrected chi connectivity index (χ2v) is 6.87. The van der Waals surface area contributed by atoms with Crippen LogP contribution < -0.4 is 0 Å². The van der Waals surface area contributed by atoms with Gasteiger partial charge in [0.1, 0.15) is 0 Å². The number of fused-ring (bicyclic) bond motifs is 1. The van der Waals surface area contributed by atoms with Crippen LogP contribution in [0.1, 0.15) is 68.4 Å². The van der Waals surface area contributed by atoms with E-state index < -0.39 is 0 Å². The van der Waals surface area contributed by atoms with E-state index in [4.69, 9.17) is 5.21 Å². The SMILES string of the molecule is CCC1(C)CC(C)(C)c2cc(C)c(/C=N\O)c(C)c21. The summed E-state index contributed by atoms with van der Waals surface area (Å²) in [5.41, 5.74) is 6.95. The third-order valence-corrected chi connectivity index (χ3v) is 4.97. The number of hydrogen-bond acceptors (Lipinski definition) is 2. The Morgan fingerprint density at radius 2 is 1.95 bits per heavy atom. The zero-order valence-electron chi connectivity index (χ0n) is 13.0. The van der Waals surface area contributed by atoms with E-state index in [9.17, 15) is 0 Å². The summed E-state index contributed by atoms with van der Waals surface area (Å²) in [6.07, 6.45) is 3.90. The number of oxime groups is 1. The predicted octanol–water partition coefficient (Wildman–Crippen LogP) is 4.46. The Balaban J connectivity index is 2.80. The molecule has 0 fully saturated rings. The highest BCUT2D eigenvalue weighted by molar-refractivity contribution is 5.85. The van der Waals surface area contributed by atoms with Gasteiger partial charge in [-0.2, -0.15) is 0 Å². The minimum Gasteiger partial charge on any atom is -0.411 e. The van der Waals surface area contributed by atoms with Crippen molar-refractivity contribution in [3.63, 3.8) is 0 Å². The standard InChI is InChI=1S/C17H25NO/c1-7-17(6)10-16(4,5)14-8-11(2)13(9-18-19)12(3)15(14)17/h8-9,19H,7,10H2,1-6H3/b18-9-. The maximum atomic E-state index is 8.88. The van der Waals surface area contributed by atoms with Crippen LogP contribution in [0.2, 0.25) is 0 Å². The molecule has 19 heavy (non-hydrogen) atoms. The van der Waals surface area contributed by atoms with E-state index in [0.29, 0.717) is 0 Å². The highest BCUT2D eigenvalue weighted by Gasteiger charge is 2.45. The minimum atomic E-state index is 0.227. The third-order valence-electron chi connectivity index (χ3n) is 4.97. The monoisotopic (exact) mass is 259 g/mol. The molecule has 2 nitrogen and oxygen atoms in total. The Morgan fingerprint density at radius 3 is 2.47 bits per heavy atom. The zero-order chi connectivity index (χ0) is 14.4. The molecule has 0 spiro atoms. The van der Waals surface area contributed by atoms with Crippen molar-refractivity contribution in [2.75, 3.05) is 0 Å². The van der Waals surface area contributed by atoms with E-state index in [1.165, 1.54) is 28.7 Å². The van der Waals surface area contributed by atoms with Crippen LogP contribution in [-0.2, 0) is 10.8 Å². The molecule has 0 saturated heterocycles. The molecule has 2 rings (SSSR count). The molecule has 1 aliphatic carbocycles. The van der Waals surface area contributed by atoms with E-state index in [1.54, 1.807) is 6.21 Å². The van der Waals surface area contributed by atoms with Gasteiger partial charge in [-0.1, -0.05) is 38.9 Å². The van der Waals surface area contributed by atoms with Gasteiger partial charge in [-0.25, -0.2) is 0 Å². The van der Waals surface area contributed by atoms with Gasteiger partial charge in [0.25, 0.3) is 0 Å². The molecule has 1 aromatic rings. The molecule has 1 N–H and O–H groups in total. The Bertz CT molecular complexity index is 543. The fourth-order valence-corrected chi connectivity index (χ4v) is 4.03. The summed E-state index contributed by atoms with van der Waals surface area (Å²) in [4.78, 5) is 0. The number of rotatable bonds is 2. The van der Waals surface area contributed by atoms with E-state index >= 15 is 0 Å². The lowest BCUT2D eigenvalue weighted by atomic mass is 9.77. The van der Waals surface area contributed by atoms with Crippen molar-refractivity contribution in [1.82, 2.24) is 0 Å². The zero-order valence-corrected chi connectivity index (χ0v) is 13.0. The Kier molecular flexibility index (Phi) is 3.24. The molecular formula is C17H25NO. The summed E-state index contributed by atoms with van der Waals surface area (Å²) in [5, 5.41) is 12.1. The van der Waals surface area contributed by atoms with Crippen molar-refractivity contribution >= 4 is 6.21 Å². The summed E-state index contributed by atoms with van der Waals surface area (Å²) >= 11 is 0. The molecule has 0 amide bonds. The largest absolute Gasteiger partial charge is 0.411 e. The summed E-state index contributed by atoms with van der Waals surface area (Å²) in [7, 11) is 0. The van der Waals surface area contributed by atoms with Crippen molar-refractivity contribution in [3.8, 4) is 0 Å². The first-order valence-electron chi connectivity index (χ1n) is 7.09. The third kappa shape index (κ3) is 1.98. The van der Waals surface area contributed by atoms with E-state index in [1.807, 2.05) is 0 Å². The van der Waals surface area contributed by atoms with Crippen molar-refractivity contribution < 1.29 is 5.21 Å². The maximum Gasteiger partial charge on any atom is 0.0739 e. The Morgan fingerprint density at radius 1 is 1.32 bits per heavy atom. The predicted molar refractivity (Wildman–Crippen MR) is 80.6 cm³/mol. The number of hydrogen-bond donors (Lipinski definition) is 1. The fraction of sp³-hybridized carbons (Fsp3) is 0.588. The van der Waals surface area contributed by atoms with Crippen LogP contribution >= 0.6 is 0 Å². The van der Waals surface area contributed by atoms with Gasteiger partial charge < -0.3 is 5.21 Å². The number of nitrogens with zero attached hydrogens (tertiary/aromatic N) is 1. The van der Waals surface area contributed by atoms with Gasteiger partial charge in [-0.15, -0.1) is 0 Å². The molecule has 2 heteroatoms. The minimum absolute atomic E-state index is 0.227. The van der Waals surface area contributed by atoms with Crippen LogP contribution in [0, 0.1) is 13.8 Å². The highest BCUT2D eigenvalue weighted by atomic mass is 16.4. The summed E-state index contributed by atoms with van der Waals surface area (Å²) in [6.45, 7) is 13.6. The first-order valence-corrected chi connectivity index (χ1v) is 7.09. The molecular weight excluding hydrogens is 234 g/mol. The number of benzene rings is 1. The van der Waals surface area contributed by atoms with E-state index in [-0.39, 0.29) is 10.8 Å². The molecule has 104 valence electrons. The van der Waals surface area contributed by atoms with Crippen molar-refractivity contribution in [3.05, 3.63) is 33.9 Å². The average Bonchev–Trinajstić information content (AvgIpc) is 2.52. The van der Waals surface area contributed by atoms with Crippen LogP contribution in [0.5, 0.6) is 0 Å². The molecule has 1 unspecified atom stereocenters. The van der Waals surface area contributed by atoms with Gasteiger partial charge in [-0.05, 0) is 59.8 Å². The fourth-order valence-electron chi connectivity index (χ4n) is 4.03. The van der Waals surface area contributed by atoms with Crippen molar-refractivity contribution in [1.29, 1.82) is 0 Å². The van der Waals surface area contributed by atoms with Gasteiger partial charge >= 0.3 is 0 Å². The van der Waals surface area contributed by atoms with Crippen LogP contribution in [-0.4, -0.2) is 11.4 Å². The first-order chi connectivity index (χ1) is 8.77. The lowest BCUT2D eigenvalue weighted by molar-refractivity contribution is 0.321. The Hall–Kier alpha value is -1.31. The smallest absolute Gasteiger partial charge is 0.0739 e. The topological polar surface area (TPSA) is 32.6 Å². The summed E-state index contributed by atoms with van der Waals surface area (Å²) < 4.78 is 0. The summed E-state index contributed by atoms with van der Waals surface area (Å²) in [6, 6.07) is 2.29. The second kappa shape index (κ2) is 4.36. The highest BCUT2D eigenvalue weighted by Crippen LogP contribution is 2.53. The summed E-state index contributed by atoms with van der Waals surface area (Å²) in [5.74, 6) is 0. The quantitative estimate of drug-likeness (QED) is 0.474. The molecule has 1 atom stereocenters. The molecule has 0 bridgehead atoms. The van der Waals surface area contributed by atoms with Gasteiger partial charge in [0.05, 0.1) is 6.21 Å². The van der Waals surface area contributed by atoms with E-state index in [0.717, 1.165) is 12.0 Å². The molecule has 1 aliphatic rings.